The number of halogens is 2. The zero-order valence-corrected chi connectivity index (χ0v) is 15.5. The maximum Gasteiger partial charge on any atom is 0.355 e. The molecule has 3 N–H and O–H groups in total. The van der Waals surface area contributed by atoms with Crippen molar-refractivity contribution in [1.29, 1.82) is 0 Å². The minimum atomic E-state index is -0.719. The Hall–Kier alpha value is -2.02. The molecule has 134 valence electrons. The van der Waals surface area contributed by atoms with Gasteiger partial charge in [-0.25, -0.2) is 4.79 Å². The monoisotopic (exact) mass is 384 g/mol. The molecule has 0 radical (unpaired) electrons. The van der Waals surface area contributed by atoms with Gasteiger partial charge in [-0.05, 0) is 38.5 Å². The Morgan fingerprint density at radius 1 is 1.28 bits per heavy atom. The number of rotatable bonds is 5. The average Bonchev–Trinajstić information content (AvgIpc) is 2.83. The number of anilines is 1. The summed E-state index contributed by atoms with van der Waals surface area (Å²) < 4.78 is 5.02. The number of aliphatic hydroxyl groups is 1. The predicted molar refractivity (Wildman–Crippen MR) is 96.3 cm³/mol. The second-order valence-corrected chi connectivity index (χ2v) is 6.38. The number of ether oxygens (including phenoxy) is 1. The van der Waals surface area contributed by atoms with Crippen LogP contribution < -0.4 is 5.32 Å². The van der Waals surface area contributed by atoms with Crippen LogP contribution in [0.25, 0.3) is 0 Å². The molecule has 25 heavy (non-hydrogen) atoms. The lowest BCUT2D eigenvalue weighted by Gasteiger charge is -2.09. The first-order chi connectivity index (χ1) is 11.7. The molecule has 8 heteroatoms. The maximum atomic E-state index is 12.2. The number of nitrogens with one attached hydrogen (secondary N) is 2. The highest BCUT2D eigenvalue weighted by molar-refractivity contribution is 6.39. The standard InChI is InChI=1S/C17H18Cl2N2O4/c1-8-14(10(3)22)9(2)20-15(8)17(24)25-7-13(23)21-16-11(18)5-4-6-12(16)19/h4-6,10,20,22H,7H2,1-3H3,(H,21,23)/t10-/m0/s1. The van der Waals surface area contributed by atoms with Crippen molar-refractivity contribution in [2.24, 2.45) is 0 Å². The number of hydrogen-bond acceptors (Lipinski definition) is 4. The summed E-state index contributed by atoms with van der Waals surface area (Å²) in [4.78, 5) is 27.0. The Morgan fingerprint density at radius 2 is 1.88 bits per heavy atom. The highest BCUT2D eigenvalue weighted by atomic mass is 35.5. The Morgan fingerprint density at radius 3 is 2.40 bits per heavy atom. The lowest BCUT2D eigenvalue weighted by atomic mass is 10.1. The van der Waals surface area contributed by atoms with Crippen LogP contribution in [0.3, 0.4) is 0 Å². The molecule has 1 amide bonds. The van der Waals surface area contributed by atoms with E-state index in [1.807, 2.05) is 0 Å². The van der Waals surface area contributed by atoms with Crippen molar-refractivity contribution in [3.63, 3.8) is 0 Å². The minimum absolute atomic E-state index is 0.206. The van der Waals surface area contributed by atoms with Gasteiger partial charge in [0.1, 0.15) is 5.69 Å². The van der Waals surface area contributed by atoms with Crippen molar-refractivity contribution in [3.05, 3.63) is 50.8 Å². The first-order valence-electron chi connectivity index (χ1n) is 7.50. The number of aliphatic hydroxyl groups excluding tert-OH is 1. The zero-order chi connectivity index (χ0) is 18.7. The summed E-state index contributed by atoms with van der Waals surface area (Å²) in [6.07, 6.45) is -0.719. The molecular weight excluding hydrogens is 367 g/mol. The number of amides is 1. The smallest absolute Gasteiger partial charge is 0.355 e. The molecule has 2 rings (SSSR count). The molecule has 1 heterocycles. The van der Waals surface area contributed by atoms with E-state index in [0.29, 0.717) is 16.8 Å². The van der Waals surface area contributed by atoms with Crippen molar-refractivity contribution in [2.75, 3.05) is 11.9 Å². The van der Waals surface area contributed by atoms with Crippen LogP contribution in [-0.4, -0.2) is 28.6 Å². The van der Waals surface area contributed by atoms with Crippen molar-refractivity contribution in [1.82, 2.24) is 4.98 Å². The fourth-order valence-electron chi connectivity index (χ4n) is 2.59. The van der Waals surface area contributed by atoms with Gasteiger partial charge in [0.2, 0.25) is 0 Å². The molecule has 0 fully saturated rings. The summed E-state index contributed by atoms with van der Waals surface area (Å²) in [5.74, 6) is -1.26. The number of aromatic nitrogens is 1. The van der Waals surface area contributed by atoms with Crippen LogP contribution in [0.1, 0.15) is 40.3 Å². The van der Waals surface area contributed by atoms with Crippen LogP contribution in [0, 0.1) is 13.8 Å². The molecule has 0 aliphatic carbocycles. The van der Waals surface area contributed by atoms with Gasteiger partial charge in [0.05, 0.1) is 21.8 Å². The summed E-state index contributed by atoms with van der Waals surface area (Å²) in [5.41, 5.74) is 2.37. The van der Waals surface area contributed by atoms with Crippen molar-refractivity contribution < 1.29 is 19.4 Å². The van der Waals surface area contributed by atoms with E-state index >= 15 is 0 Å². The van der Waals surface area contributed by atoms with Gasteiger partial charge >= 0.3 is 5.97 Å². The molecule has 1 aromatic carbocycles. The molecule has 0 bridgehead atoms. The number of benzene rings is 1. The second kappa shape index (κ2) is 7.91. The van der Waals surface area contributed by atoms with Crippen molar-refractivity contribution in [3.8, 4) is 0 Å². The summed E-state index contributed by atoms with van der Waals surface area (Å²) >= 11 is 11.9. The number of aryl methyl sites for hydroxylation is 1. The summed E-state index contributed by atoms with van der Waals surface area (Å²) in [6, 6.07) is 4.81. The normalized spacial score (nSPS) is 11.9. The number of carbonyl (C=O) groups excluding carboxylic acids is 2. The Labute approximate surface area is 155 Å². The van der Waals surface area contributed by atoms with Gasteiger partial charge in [-0.1, -0.05) is 29.3 Å². The quantitative estimate of drug-likeness (QED) is 0.683. The molecule has 1 atom stereocenters. The summed E-state index contributed by atoms with van der Waals surface area (Å²) in [6.45, 7) is 4.56. The van der Waals surface area contributed by atoms with E-state index in [9.17, 15) is 14.7 Å². The molecule has 0 unspecified atom stereocenters. The van der Waals surface area contributed by atoms with E-state index in [4.69, 9.17) is 27.9 Å². The van der Waals surface area contributed by atoms with Crippen LogP contribution in [0.5, 0.6) is 0 Å². The molecule has 6 nitrogen and oxygen atoms in total. The second-order valence-electron chi connectivity index (χ2n) is 5.56. The number of esters is 1. The fraction of sp³-hybridized carbons (Fsp3) is 0.294. The Balaban J connectivity index is 2.03. The highest BCUT2D eigenvalue weighted by Gasteiger charge is 2.21. The van der Waals surface area contributed by atoms with Gasteiger partial charge in [-0.2, -0.15) is 0 Å². The van der Waals surface area contributed by atoms with Crippen LogP contribution in [-0.2, 0) is 9.53 Å². The van der Waals surface area contributed by atoms with Crippen LogP contribution in [0.4, 0.5) is 5.69 Å². The average molecular weight is 385 g/mol. The van der Waals surface area contributed by atoms with Crippen molar-refractivity contribution >= 4 is 40.8 Å². The maximum absolute atomic E-state index is 12.2. The molecule has 0 aliphatic rings. The Bertz CT molecular complexity index is 795. The predicted octanol–water partition coefficient (Wildman–Crippen LogP) is 3.79. The number of H-pyrrole nitrogens is 1. The Kier molecular flexibility index (Phi) is 6.11. The minimum Gasteiger partial charge on any atom is -0.451 e. The zero-order valence-electron chi connectivity index (χ0n) is 13.9. The van der Waals surface area contributed by atoms with Gasteiger partial charge < -0.3 is 20.1 Å². The van der Waals surface area contributed by atoms with Crippen molar-refractivity contribution in [2.45, 2.75) is 26.9 Å². The molecule has 0 aliphatic heterocycles. The van der Waals surface area contributed by atoms with Gasteiger partial charge in [0.15, 0.2) is 6.61 Å². The van der Waals surface area contributed by atoms with Gasteiger partial charge in [0.25, 0.3) is 5.91 Å². The van der Waals surface area contributed by atoms with E-state index < -0.39 is 24.6 Å². The first-order valence-corrected chi connectivity index (χ1v) is 8.26. The van der Waals surface area contributed by atoms with E-state index in [1.54, 1.807) is 39.0 Å². The van der Waals surface area contributed by atoms with E-state index in [-0.39, 0.29) is 21.4 Å². The number of hydrogen-bond donors (Lipinski definition) is 3. The fourth-order valence-corrected chi connectivity index (χ4v) is 3.08. The molecule has 0 saturated heterocycles. The lowest BCUT2D eigenvalue weighted by molar-refractivity contribution is -0.119. The van der Waals surface area contributed by atoms with E-state index in [0.717, 1.165) is 0 Å². The molecule has 0 saturated carbocycles. The highest BCUT2D eigenvalue weighted by Crippen LogP contribution is 2.29. The molecule has 2 aromatic rings. The number of aromatic amines is 1. The van der Waals surface area contributed by atoms with Crippen LogP contribution in [0.2, 0.25) is 10.0 Å². The van der Waals surface area contributed by atoms with Gasteiger partial charge in [-0.15, -0.1) is 0 Å². The topological polar surface area (TPSA) is 91.4 Å². The molecular formula is C17H18Cl2N2O4. The summed E-state index contributed by atoms with van der Waals surface area (Å²) in [5, 5.41) is 12.8. The SMILES string of the molecule is Cc1[nH]c(C(=O)OCC(=O)Nc2c(Cl)cccc2Cl)c(C)c1[C@H](C)O. The van der Waals surface area contributed by atoms with Gasteiger partial charge in [-0.3, -0.25) is 4.79 Å². The van der Waals surface area contributed by atoms with Crippen LogP contribution in [0.15, 0.2) is 18.2 Å². The number of para-hydroxylation sites is 1. The van der Waals surface area contributed by atoms with E-state index in [1.165, 1.54) is 0 Å². The van der Waals surface area contributed by atoms with E-state index in [2.05, 4.69) is 10.3 Å². The van der Waals surface area contributed by atoms with Gasteiger partial charge in [0, 0.05) is 11.3 Å². The third kappa shape index (κ3) is 4.34. The molecule has 1 aromatic heterocycles. The third-order valence-electron chi connectivity index (χ3n) is 3.68. The first kappa shape index (κ1) is 19.3. The molecule has 0 spiro atoms. The number of carbonyl (C=O) groups is 2. The largest absolute Gasteiger partial charge is 0.451 e. The lowest BCUT2D eigenvalue weighted by Crippen LogP contribution is -2.21. The summed E-state index contributed by atoms with van der Waals surface area (Å²) in [7, 11) is 0. The third-order valence-corrected chi connectivity index (χ3v) is 4.31. The van der Waals surface area contributed by atoms with Crippen LogP contribution >= 0.6 is 23.2 Å².